The van der Waals surface area contributed by atoms with Gasteiger partial charge in [0.05, 0.1) is 33.9 Å². The fraction of sp³-hybridized carbons (Fsp3) is 0.160. The van der Waals surface area contributed by atoms with Crippen molar-refractivity contribution in [1.82, 2.24) is 9.88 Å². The van der Waals surface area contributed by atoms with Crippen molar-refractivity contribution in [1.29, 1.82) is 0 Å². The van der Waals surface area contributed by atoms with Crippen LogP contribution in [0.25, 0.3) is 0 Å². The Morgan fingerprint density at radius 3 is 2.44 bits per heavy atom. The van der Waals surface area contributed by atoms with E-state index in [1.807, 2.05) is 36.4 Å². The number of aromatic nitrogens is 1. The molecular weight excluding hydrogens is 447 g/mol. The number of Topliss-reactive ketones (excluding diaryl/α,β-unsaturated/α-hetero) is 1. The van der Waals surface area contributed by atoms with E-state index in [2.05, 4.69) is 4.98 Å². The minimum atomic E-state index is -0.789. The van der Waals surface area contributed by atoms with Gasteiger partial charge >= 0.3 is 0 Å². The Kier molecular flexibility index (Phi) is 6.58. The standard InChI is InChI=1S/C25H20Cl2N2O3/c26-19-11-10-17(14-20(19)27)23-22(21(30)12-9-16-6-2-1-3-7-16)24(31)25(32)29(23)15-18-8-4-5-13-28-18/h1-8,10-11,13-14,23,31H,9,12,15H2. The number of ketones is 1. The molecule has 1 amide bonds. The maximum Gasteiger partial charge on any atom is 0.290 e. The van der Waals surface area contributed by atoms with Gasteiger partial charge < -0.3 is 10.0 Å². The third kappa shape index (κ3) is 4.54. The van der Waals surface area contributed by atoms with Gasteiger partial charge in [-0.25, -0.2) is 0 Å². The van der Waals surface area contributed by atoms with Crippen LogP contribution in [-0.4, -0.2) is 26.7 Å². The number of hydrogen-bond donors (Lipinski definition) is 1. The molecule has 0 saturated heterocycles. The molecule has 1 unspecified atom stereocenters. The van der Waals surface area contributed by atoms with E-state index in [0.29, 0.717) is 27.7 Å². The summed E-state index contributed by atoms with van der Waals surface area (Å²) in [6.45, 7) is 0.129. The predicted molar refractivity (Wildman–Crippen MR) is 123 cm³/mol. The molecule has 1 N–H and O–H groups in total. The van der Waals surface area contributed by atoms with Crippen molar-refractivity contribution < 1.29 is 14.7 Å². The first-order chi connectivity index (χ1) is 15.5. The highest BCUT2D eigenvalue weighted by molar-refractivity contribution is 6.42. The van der Waals surface area contributed by atoms with Gasteiger partial charge in [-0.1, -0.05) is 65.7 Å². The molecule has 0 radical (unpaired) electrons. The van der Waals surface area contributed by atoms with E-state index in [9.17, 15) is 14.7 Å². The zero-order chi connectivity index (χ0) is 22.7. The molecule has 1 aromatic heterocycles. The van der Waals surface area contributed by atoms with Crippen LogP contribution in [-0.2, 0) is 22.6 Å². The third-order valence-electron chi connectivity index (χ3n) is 5.41. The number of aryl methyl sites for hydroxylation is 1. The summed E-state index contributed by atoms with van der Waals surface area (Å²) < 4.78 is 0. The molecule has 2 aromatic carbocycles. The monoisotopic (exact) mass is 466 g/mol. The summed E-state index contributed by atoms with van der Waals surface area (Å²) in [6.07, 6.45) is 2.29. The predicted octanol–water partition coefficient (Wildman–Crippen LogP) is 5.49. The zero-order valence-corrected chi connectivity index (χ0v) is 18.6. The van der Waals surface area contributed by atoms with E-state index in [-0.39, 0.29) is 24.3 Å². The van der Waals surface area contributed by atoms with E-state index in [4.69, 9.17) is 23.2 Å². The van der Waals surface area contributed by atoms with Crippen LogP contribution in [0, 0.1) is 0 Å². The fourth-order valence-electron chi connectivity index (χ4n) is 3.83. The first-order valence-electron chi connectivity index (χ1n) is 10.1. The van der Waals surface area contributed by atoms with Crippen LogP contribution in [0.1, 0.15) is 29.3 Å². The first-order valence-corrected chi connectivity index (χ1v) is 10.9. The number of carbonyl (C=O) groups excluding carboxylic acids is 2. The lowest BCUT2D eigenvalue weighted by Crippen LogP contribution is -2.31. The summed E-state index contributed by atoms with van der Waals surface area (Å²) in [4.78, 5) is 32.0. The number of aliphatic hydroxyl groups is 1. The maximum atomic E-state index is 13.2. The molecule has 4 rings (SSSR count). The van der Waals surface area contributed by atoms with Crippen molar-refractivity contribution in [2.75, 3.05) is 0 Å². The SMILES string of the molecule is O=C(CCc1ccccc1)C1=C(O)C(=O)N(Cc2ccccn2)C1c1ccc(Cl)c(Cl)c1. The second-order valence-corrected chi connectivity index (χ2v) is 8.32. The molecule has 0 fully saturated rings. The topological polar surface area (TPSA) is 70.5 Å². The van der Waals surface area contributed by atoms with Crippen LogP contribution < -0.4 is 0 Å². The van der Waals surface area contributed by atoms with Gasteiger partial charge in [-0.3, -0.25) is 14.6 Å². The molecule has 0 spiro atoms. The Labute approximate surface area is 195 Å². The van der Waals surface area contributed by atoms with Crippen molar-refractivity contribution in [2.45, 2.75) is 25.4 Å². The van der Waals surface area contributed by atoms with Gasteiger partial charge in [0.1, 0.15) is 0 Å². The smallest absolute Gasteiger partial charge is 0.290 e. The van der Waals surface area contributed by atoms with E-state index >= 15 is 0 Å². The van der Waals surface area contributed by atoms with E-state index < -0.39 is 17.7 Å². The lowest BCUT2D eigenvalue weighted by Gasteiger charge is -2.27. The van der Waals surface area contributed by atoms with Gasteiger partial charge in [-0.05, 0) is 41.8 Å². The summed E-state index contributed by atoms with van der Waals surface area (Å²) in [5.41, 5.74) is 2.30. The minimum absolute atomic E-state index is 0.0697. The van der Waals surface area contributed by atoms with Gasteiger partial charge in [0.2, 0.25) is 0 Å². The quantitative estimate of drug-likeness (QED) is 0.499. The maximum absolute atomic E-state index is 13.2. The Morgan fingerprint density at radius 1 is 1.00 bits per heavy atom. The van der Waals surface area contributed by atoms with E-state index in [0.717, 1.165) is 5.56 Å². The average Bonchev–Trinajstić information content (AvgIpc) is 3.06. The number of halogens is 2. The van der Waals surface area contributed by atoms with Crippen molar-refractivity contribution in [3.05, 3.63) is 111 Å². The fourth-order valence-corrected chi connectivity index (χ4v) is 4.14. The van der Waals surface area contributed by atoms with E-state index in [1.54, 1.807) is 36.5 Å². The molecule has 0 saturated carbocycles. The summed E-state index contributed by atoms with van der Waals surface area (Å²) >= 11 is 12.3. The number of hydrogen-bond acceptors (Lipinski definition) is 4. The zero-order valence-electron chi connectivity index (χ0n) is 17.0. The molecule has 1 aliphatic rings. The Balaban J connectivity index is 1.69. The van der Waals surface area contributed by atoms with Gasteiger partial charge in [-0.15, -0.1) is 0 Å². The molecule has 2 heterocycles. The van der Waals surface area contributed by atoms with Crippen LogP contribution in [0.4, 0.5) is 0 Å². The first kappa shape index (κ1) is 22.1. The van der Waals surface area contributed by atoms with E-state index in [1.165, 1.54) is 4.90 Å². The molecule has 32 heavy (non-hydrogen) atoms. The third-order valence-corrected chi connectivity index (χ3v) is 6.14. The highest BCUT2D eigenvalue weighted by Crippen LogP contribution is 2.40. The Bertz CT molecular complexity index is 1180. The van der Waals surface area contributed by atoms with Crippen molar-refractivity contribution >= 4 is 34.9 Å². The minimum Gasteiger partial charge on any atom is -0.503 e. The number of carbonyl (C=O) groups is 2. The van der Waals surface area contributed by atoms with Crippen LogP contribution in [0.2, 0.25) is 10.0 Å². The second-order valence-electron chi connectivity index (χ2n) is 7.50. The van der Waals surface area contributed by atoms with Crippen LogP contribution in [0.15, 0.2) is 84.3 Å². The molecular formula is C25H20Cl2N2O3. The summed E-state index contributed by atoms with van der Waals surface area (Å²) in [5, 5.41) is 11.4. The highest BCUT2D eigenvalue weighted by Gasteiger charge is 2.43. The summed E-state index contributed by atoms with van der Waals surface area (Å²) in [6, 6.07) is 19.1. The molecule has 1 atom stereocenters. The largest absolute Gasteiger partial charge is 0.503 e. The molecule has 5 nitrogen and oxygen atoms in total. The number of benzene rings is 2. The van der Waals surface area contributed by atoms with Crippen molar-refractivity contribution in [2.24, 2.45) is 0 Å². The van der Waals surface area contributed by atoms with Crippen LogP contribution in [0.5, 0.6) is 0 Å². The molecule has 1 aliphatic heterocycles. The number of nitrogens with zero attached hydrogens (tertiary/aromatic N) is 2. The second kappa shape index (κ2) is 9.55. The summed E-state index contributed by atoms with van der Waals surface area (Å²) in [5.74, 6) is -1.44. The van der Waals surface area contributed by atoms with Gasteiger partial charge in [0.15, 0.2) is 11.5 Å². The van der Waals surface area contributed by atoms with Gasteiger partial charge in [0.25, 0.3) is 5.91 Å². The number of amides is 1. The number of aliphatic hydroxyl groups excluding tert-OH is 1. The Hall–Kier alpha value is -3.15. The van der Waals surface area contributed by atoms with Gasteiger partial charge in [-0.2, -0.15) is 0 Å². The number of pyridine rings is 1. The highest BCUT2D eigenvalue weighted by atomic mass is 35.5. The Morgan fingerprint density at radius 2 is 1.75 bits per heavy atom. The molecule has 3 aromatic rings. The molecule has 7 heteroatoms. The number of rotatable bonds is 7. The summed E-state index contributed by atoms with van der Waals surface area (Å²) in [7, 11) is 0. The van der Waals surface area contributed by atoms with Crippen molar-refractivity contribution in [3.63, 3.8) is 0 Å². The van der Waals surface area contributed by atoms with Crippen LogP contribution >= 0.6 is 23.2 Å². The molecule has 0 aliphatic carbocycles. The van der Waals surface area contributed by atoms with Gasteiger partial charge in [0, 0.05) is 12.6 Å². The van der Waals surface area contributed by atoms with Crippen LogP contribution in [0.3, 0.4) is 0 Å². The normalized spacial score (nSPS) is 16.0. The molecule has 162 valence electrons. The molecule has 0 bridgehead atoms. The van der Waals surface area contributed by atoms with Crippen molar-refractivity contribution in [3.8, 4) is 0 Å². The average molecular weight is 467 g/mol. The lowest BCUT2D eigenvalue weighted by molar-refractivity contribution is -0.130. The lowest BCUT2D eigenvalue weighted by atomic mass is 9.93.